The Labute approximate surface area is 140 Å². The second kappa shape index (κ2) is 5.97. The normalized spacial score (nSPS) is 11.5. The number of fused-ring (bicyclic) bond motifs is 1. The van der Waals surface area contributed by atoms with Gasteiger partial charge in [0.05, 0.1) is 11.6 Å². The van der Waals surface area contributed by atoms with Gasteiger partial charge < -0.3 is 5.32 Å². The fourth-order valence-electron chi connectivity index (χ4n) is 2.58. The molecule has 0 saturated heterocycles. The predicted molar refractivity (Wildman–Crippen MR) is 93.5 cm³/mol. The number of rotatable bonds is 3. The molecular formula is C19H19FN4. The van der Waals surface area contributed by atoms with Crippen molar-refractivity contribution in [2.24, 2.45) is 0 Å². The summed E-state index contributed by atoms with van der Waals surface area (Å²) in [6.45, 7) is 5.64. The van der Waals surface area contributed by atoms with Crippen LogP contribution in [0.15, 0.2) is 42.6 Å². The smallest absolute Gasteiger partial charge is 0.139 e. The number of pyridine rings is 1. The monoisotopic (exact) mass is 322 g/mol. The quantitative estimate of drug-likeness (QED) is 0.769. The topological polar surface area (TPSA) is 53.1 Å². The summed E-state index contributed by atoms with van der Waals surface area (Å²) in [6, 6.07) is 13.0. The Bertz CT molecular complexity index is 929. The number of halogens is 1. The number of hydrogen-bond donors (Lipinski definition) is 1. The maximum atomic E-state index is 13.1. The van der Waals surface area contributed by atoms with Crippen LogP contribution in [0.4, 0.5) is 10.2 Å². The average Bonchev–Trinajstić information content (AvgIpc) is 2.91. The van der Waals surface area contributed by atoms with E-state index in [1.807, 2.05) is 22.6 Å². The minimum absolute atomic E-state index is 0.191. The molecule has 0 fully saturated rings. The molecule has 0 amide bonds. The standard InChI is InChI=1S/C19H19FN4/c1-19(2,3)23-18-17(15-6-4-5-13(9-15)11-21)22-16-8-7-14(10-20)12-24(16)18/h4-9,12,23H,10H2,1-3H3. The molecule has 0 unspecified atom stereocenters. The van der Waals surface area contributed by atoms with Gasteiger partial charge in [0.2, 0.25) is 0 Å². The van der Waals surface area contributed by atoms with E-state index in [0.717, 1.165) is 22.7 Å². The summed E-state index contributed by atoms with van der Waals surface area (Å²) in [5.41, 5.74) is 3.31. The van der Waals surface area contributed by atoms with Gasteiger partial charge in [0, 0.05) is 17.3 Å². The van der Waals surface area contributed by atoms with Crippen LogP contribution in [0.1, 0.15) is 31.9 Å². The summed E-state index contributed by atoms with van der Waals surface area (Å²) in [5, 5.41) is 12.6. The Morgan fingerprint density at radius 1 is 1.25 bits per heavy atom. The number of nitriles is 1. The van der Waals surface area contributed by atoms with E-state index in [4.69, 9.17) is 5.26 Å². The number of benzene rings is 1. The minimum Gasteiger partial charge on any atom is -0.365 e. The van der Waals surface area contributed by atoms with Gasteiger partial charge in [0.1, 0.15) is 23.8 Å². The Morgan fingerprint density at radius 2 is 2.04 bits per heavy atom. The zero-order valence-electron chi connectivity index (χ0n) is 14.0. The molecule has 3 aromatic rings. The molecule has 24 heavy (non-hydrogen) atoms. The van der Waals surface area contributed by atoms with Crippen LogP contribution in [-0.4, -0.2) is 14.9 Å². The van der Waals surface area contributed by atoms with Gasteiger partial charge in [-0.1, -0.05) is 18.2 Å². The van der Waals surface area contributed by atoms with Crippen LogP contribution in [0.2, 0.25) is 0 Å². The number of nitrogens with one attached hydrogen (secondary N) is 1. The van der Waals surface area contributed by atoms with Crippen molar-refractivity contribution in [2.45, 2.75) is 33.0 Å². The minimum atomic E-state index is -0.525. The highest BCUT2D eigenvalue weighted by Crippen LogP contribution is 2.31. The molecule has 0 saturated carbocycles. The fraction of sp³-hybridized carbons (Fsp3) is 0.263. The molecule has 122 valence electrons. The Kier molecular flexibility index (Phi) is 3.98. The number of aromatic nitrogens is 2. The number of anilines is 1. The summed E-state index contributed by atoms with van der Waals surface area (Å²) in [7, 11) is 0. The molecule has 2 heterocycles. The van der Waals surface area contributed by atoms with Gasteiger partial charge in [-0.05, 0) is 44.5 Å². The predicted octanol–water partition coefficient (Wildman–Crippen LogP) is 4.55. The molecule has 1 N–H and O–H groups in total. The van der Waals surface area contributed by atoms with E-state index in [1.165, 1.54) is 0 Å². The summed E-state index contributed by atoms with van der Waals surface area (Å²) in [4.78, 5) is 4.69. The Hall–Kier alpha value is -2.87. The van der Waals surface area contributed by atoms with E-state index < -0.39 is 6.67 Å². The number of nitrogens with zero attached hydrogens (tertiary/aromatic N) is 3. The lowest BCUT2D eigenvalue weighted by atomic mass is 10.1. The van der Waals surface area contributed by atoms with E-state index in [1.54, 1.807) is 24.4 Å². The Balaban J connectivity index is 2.26. The van der Waals surface area contributed by atoms with Gasteiger partial charge in [0.15, 0.2) is 0 Å². The maximum Gasteiger partial charge on any atom is 0.139 e. The lowest BCUT2D eigenvalue weighted by molar-refractivity contribution is 0.484. The van der Waals surface area contributed by atoms with Crippen molar-refractivity contribution >= 4 is 11.5 Å². The summed E-state index contributed by atoms with van der Waals surface area (Å²) in [5.74, 6) is 0.794. The first-order valence-electron chi connectivity index (χ1n) is 7.77. The first kappa shape index (κ1) is 16.0. The second-order valence-electron chi connectivity index (χ2n) is 6.78. The van der Waals surface area contributed by atoms with Crippen LogP contribution < -0.4 is 5.32 Å². The van der Waals surface area contributed by atoms with Gasteiger partial charge in [-0.3, -0.25) is 4.40 Å². The molecular weight excluding hydrogens is 303 g/mol. The zero-order chi connectivity index (χ0) is 17.3. The zero-order valence-corrected chi connectivity index (χ0v) is 14.0. The van der Waals surface area contributed by atoms with Crippen LogP contribution in [0, 0.1) is 11.3 Å². The largest absolute Gasteiger partial charge is 0.365 e. The van der Waals surface area contributed by atoms with Gasteiger partial charge in [-0.25, -0.2) is 9.37 Å². The van der Waals surface area contributed by atoms with E-state index in [-0.39, 0.29) is 5.54 Å². The third-order valence-electron chi connectivity index (χ3n) is 3.59. The van der Waals surface area contributed by atoms with Crippen LogP contribution in [0.3, 0.4) is 0 Å². The summed E-state index contributed by atoms with van der Waals surface area (Å²) < 4.78 is 14.9. The van der Waals surface area contributed by atoms with Crippen molar-refractivity contribution in [1.29, 1.82) is 5.26 Å². The third-order valence-corrected chi connectivity index (χ3v) is 3.59. The van der Waals surface area contributed by atoms with Crippen LogP contribution in [0.25, 0.3) is 16.9 Å². The van der Waals surface area contributed by atoms with E-state index >= 15 is 0 Å². The Morgan fingerprint density at radius 3 is 2.71 bits per heavy atom. The van der Waals surface area contributed by atoms with E-state index in [2.05, 4.69) is 37.1 Å². The number of imidazole rings is 1. The second-order valence-corrected chi connectivity index (χ2v) is 6.78. The van der Waals surface area contributed by atoms with E-state index in [9.17, 15) is 4.39 Å². The highest BCUT2D eigenvalue weighted by atomic mass is 19.1. The van der Waals surface area contributed by atoms with Crippen molar-refractivity contribution in [2.75, 3.05) is 5.32 Å². The SMILES string of the molecule is CC(C)(C)Nc1c(-c2cccc(C#N)c2)nc2ccc(CF)cn12. The van der Waals surface area contributed by atoms with Crippen molar-refractivity contribution in [1.82, 2.24) is 9.38 Å². The molecule has 5 heteroatoms. The molecule has 0 aliphatic rings. The third kappa shape index (κ3) is 3.09. The van der Waals surface area contributed by atoms with E-state index in [0.29, 0.717) is 11.1 Å². The fourth-order valence-corrected chi connectivity index (χ4v) is 2.58. The van der Waals surface area contributed by atoms with Gasteiger partial charge in [-0.2, -0.15) is 5.26 Å². The number of alkyl halides is 1. The van der Waals surface area contributed by atoms with Crippen molar-refractivity contribution in [3.63, 3.8) is 0 Å². The molecule has 0 spiro atoms. The highest BCUT2D eigenvalue weighted by Gasteiger charge is 2.19. The van der Waals surface area contributed by atoms with Crippen LogP contribution in [0.5, 0.6) is 0 Å². The van der Waals surface area contributed by atoms with Crippen LogP contribution in [-0.2, 0) is 6.67 Å². The molecule has 0 bridgehead atoms. The summed E-state index contributed by atoms with van der Waals surface area (Å²) in [6.07, 6.45) is 1.76. The first-order chi connectivity index (χ1) is 11.4. The molecule has 3 rings (SSSR count). The maximum absolute atomic E-state index is 13.1. The van der Waals surface area contributed by atoms with Crippen molar-refractivity contribution in [3.05, 3.63) is 53.7 Å². The highest BCUT2D eigenvalue weighted by molar-refractivity contribution is 5.77. The molecule has 2 aromatic heterocycles. The van der Waals surface area contributed by atoms with Crippen LogP contribution >= 0.6 is 0 Å². The average molecular weight is 322 g/mol. The van der Waals surface area contributed by atoms with Gasteiger partial charge in [0.25, 0.3) is 0 Å². The van der Waals surface area contributed by atoms with Crippen molar-refractivity contribution in [3.8, 4) is 17.3 Å². The molecule has 4 nitrogen and oxygen atoms in total. The molecule has 0 radical (unpaired) electrons. The summed E-state index contributed by atoms with van der Waals surface area (Å²) >= 11 is 0. The van der Waals surface area contributed by atoms with Gasteiger partial charge >= 0.3 is 0 Å². The lowest BCUT2D eigenvalue weighted by Crippen LogP contribution is -2.27. The van der Waals surface area contributed by atoms with Gasteiger partial charge in [-0.15, -0.1) is 0 Å². The molecule has 0 atom stereocenters. The molecule has 1 aromatic carbocycles. The number of hydrogen-bond acceptors (Lipinski definition) is 3. The lowest BCUT2D eigenvalue weighted by Gasteiger charge is -2.22. The molecule has 0 aliphatic heterocycles. The first-order valence-corrected chi connectivity index (χ1v) is 7.77. The molecule has 0 aliphatic carbocycles. The van der Waals surface area contributed by atoms with Crippen molar-refractivity contribution < 1.29 is 4.39 Å².